The summed E-state index contributed by atoms with van der Waals surface area (Å²) >= 11 is 0. The van der Waals surface area contributed by atoms with E-state index in [0.717, 1.165) is 12.1 Å². The van der Waals surface area contributed by atoms with Crippen LogP contribution in [0, 0.1) is 5.82 Å². The Bertz CT molecular complexity index is 1220. The van der Waals surface area contributed by atoms with Crippen molar-refractivity contribution in [2.45, 2.75) is 4.90 Å². The molecule has 0 atom stereocenters. The maximum absolute atomic E-state index is 13.9. The van der Waals surface area contributed by atoms with E-state index >= 15 is 0 Å². The zero-order valence-corrected chi connectivity index (χ0v) is 16.2. The summed E-state index contributed by atoms with van der Waals surface area (Å²) in [6.45, 7) is 0. The summed E-state index contributed by atoms with van der Waals surface area (Å²) in [7, 11) is -2.59. The molecule has 0 spiro atoms. The lowest BCUT2D eigenvalue weighted by molar-refractivity contribution is 0.104. The minimum atomic E-state index is -4.12. The van der Waals surface area contributed by atoms with Gasteiger partial charge in [0.1, 0.15) is 16.5 Å². The summed E-state index contributed by atoms with van der Waals surface area (Å²) < 4.78 is 45.4. The van der Waals surface area contributed by atoms with Crippen molar-refractivity contribution in [1.82, 2.24) is 0 Å². The number of carbonyl (C=O) groups excluding carboxylic acids is 1. The van der Waals surface area contributed by atoms with E-state index in [2.05, 4.69) is 0 Å². The van der Waals surface area contributed by atoms with Crippen LogP contribution in [0.25, 0.3) is 0 Å². The topological polar surface area (TPSA) is 63.7 Å². The quantitative estimate of drug-likeness (QED) is 0.470. The Hall–Kier alpha value is -3.45. The number of halogens is 1. The number of methoxy groups -OCH3 is 1. The molecule has 1 aliphatic heterocycles. The molecule has 0 saturated carbocycles. The van der Waals surface area contributed by atoms with Crippen molar-refractivity contribution in [3.8, 4) is 5.75 Å². The Morgan fingerprint density at radius 1 is 0.966 bits per heavy atom. The molecule has 0 saturated heterocycles. The second-order valence-corrected chi connectivity index (χ2v) is 8.26. The average Bonchev–Trinajstić information content (AvgIpc) is 2.74. The number of rotatable bonds is 4. The minimum absolute atomic E-state index is 0.128. The third-order valence-corrected chi connectivity index (χ3v) is 6.41. The molecule has 4 rings (SSSR count). The van der Waals surface area contributed by atoms with Crippen molar-refractivity contribution < 1.29 is 22.3 Å². The summed E-state index contributed by atoms with van der Waals surface area (Å²) in [6, 6.07) is 18.3. The highest BCUT2D eigenvalue weighted by atomic mass is 32.2. The molecule has 0 unspecified atom stereocenters. The monoisotopic (exact) mass is 409 g/mol. The first-order valence-corrected chi connectivity index (χ1v) is 10.2. The van der Waals surface area contributed by atoms with Gasteiger partial charge < -0.3 is 9.64 Å². The Morgan fingerprint density at radius 3 is 2.31 bits per heavy atom. The van der Waals surface area contributed by atoms with Crippen molar-refractivity contribution in [2.75, 3.05) is 12.0 Å². The summed E-state index contributed by atoms with van der Waals surface area (Å²) in [4.78, 5) is 14.0. The Morgan fingerprint density at radius 2 is 1.66 bits per heavy atom. The molecule has 0 N–H and O–H groups in total. The predicted octanol–water partition coefficient (Wildman–Crippen LogP) is 4.48. The van der Waals surface area contributed by atoms with Crippen LogP contribution in [-0.2, 0) is 9.84 Å². The van der Waals surface area contributed by atoms with Gasteiger partial charge in [-0.05, 0) is 42.5 Å². The van der Waals surface area contributed by atoms with E-state index in [1.807, 2.05) is 0 Å². The van der Waals surface area contributed by atoms with E-state index in [9.17, 15) is 17.6 Å². The number of carbonyl (C=O) groups is 1. The smallest absolute Gasteiger partial charge is 0.214 e. The van der Waals surface area contributed by atoms with Crippen LogP contribution in [0.15, 0.2) is 88.8 Å². The largest absolute Gasteiger partial charge is 0.497 e. The number of ether oxygens (including phenoxy) is 1. The van der Waals surface area contributed by atoms with Gasteiger partial charge in [-0.3, -0.25) is 4.79 Å². The molecule has 29 heavy (non-hydrogen) atoms. The lowest BCUT2D eigenvalue weighted by Gasteiger charge is -2.29. The van der Waals surface area contributed by atoms with Gasteiger partial charge in [0.05, 0.1) is 17.7 Å². The highest BCUT2D eigenvalue weighted by molar-refractivity contribution is 7.96. The standard InChI is InChI=1S/C22H16FNO4S/c1-28-18-10-8-17(9-11-18)24-14-21(22(25)15-5-3-2-4-6-15)29(26,27)20-12-7-16(23)13-19(20)24/h2-14H,1H3. The van der Waals surface area contributed by atoms with Gasteiger partial charge in [-0.1, -0.05) is 30.3 Å². The molecular formula is C22H16FNO4S. The van der Waals surface area contributed by atoms with Crippen LogP contribution in [-0.4, -0.2) is 21.3 Å². The molecular weight excluding hydrogens is 393 g/mol. The number of allylic oxidation sites excluding steroid dienone is 1. The molecule has 3 aromatic carbocycles. The van der Waals surface area contributed by atoms with Crippen molar-refractivity contribution in [3.05, 3.63) is 95.3 Å². The molecule has 0 fully saturated rings. The Labute approximate surface area is 167 Å². The fraction of sp³-hybridized carbons (Fsp3) is 0.0455. The first-order chi connectivity index (χ1) is 13.9. The van der Waals surface area contributed by atoms with E-state index in [-0.39, 0.29) is 21.1 Å². The van der Waals surface area contributed by atoms with Gasteiger partial charge in [-0.25, -0.2) is 12.8 Å². The zero-order valence-electron chi connectivity index (χ0n) is 15.4. The van der Waals surface area contributed by atoms with E-state index in [4.69, 9.17) is 4.74 Å². The second kappa shape index (κ2) is 7.18. The minimum Gasteiger partial charge on any atom is -0.497 e. The summed E-state index contributed by atoms with van der Waals surface area (Å²) in [5, 5.41) is 0. The molecule has 0 aromatic heterocycles. The number of Topliss-reactive ketones (excluding diaryl/α,β-unsaturated/α-hetero) is 1. The molecule has 7 heteroatoms. The Kier molecular flexibility index (Phi) is 4.68. The van der Waals surface area contributed by atoms with Gasteiger partial charge in [0.25, 0.3) is 0 Å². The van der Waals surface area contributed by atoms with Crippen molar-refractivity contribution in [1.29, 1.82) is 0 Å². The molecule has 5 nitrogen and oxygen atoms in total. The highest BCUT2D eigenvalue weighted by Gasteiger charge is 2.36. The molecule has 1 heterocycles. The summed E-state index contributed by atoms with van der Waals surface area (Å²) in [5.41, 5.74) is 0.952. The highest BCUT2D eigenvalue weighted by Crippen LogP contribution is 2.41. The van der Waals surface area contributed by atoms with Crippen LogP contribution in [0.4, 0.5) is 15.8 Å². The summed E-state index contributed by atoms with van der Waals surface area (Å²) in [5.74, 6) is -0.592. The zero-order chi connectivity index (χ0) is 20.6. The van der Waals surface area contributed by atoms with Crippen molar-refractivity contribution >= 4 is 27.0 Å². The van der Waals surface area contributed by atoms with Gasteiger partial charge in [0, 0.05) is 17.5 Å². The van der Waals surface area contributed by atoms with Crippen LogP contribution in [0.5, 0.6) is 5.75 Å². The number of fused-ring (bicyclic) bond motifs is 1. The molecule has 146 valence electrons. The van der Waals surface area contributed by atoms with E-state index in [0.29, 0.717) is 11.4 Å². The number of anilines is 2. The normalized spacial score (nSPS) is 14.7. The molecule has 0 bridgehead atoms. The lowest BCUT2D eigenvalue weighted by atomic mass is 10.1. The van der Waals surface area contributed by atoms with Gasteiger partial charge >= 0.3 is 0 Å². The molecule has 0 aliphatic carbocycles. The summed E-state index contributed by atoms with van der Waals surface area (Å²) in [6.07, 6.45) is 1.24. The third-order valence-electron chi connectivity index (χ3n) is 4.62. The lowest BCUT2D eigenvalue weighted by Crippen LogP contribution is -2.26. The average molecular weight is 409 g/mol. The van der Waals surface area contributed by atoms with Gasteiger partial charge in [0.2, 0.25) is 15.6 Å². The fourth-order valence-electron chi connectivity index (χ4n) is 3.15. The van der Waals surface area contributed by atoms with Crippen LogP contribution < -0.4 is 9.64 Å². The van der Waals surface area contributed by atoms with Gasteiger partial charge in [0.15, 0.2) is 0 Å². The number of ketones is 1. The second-order valence-electron chi connectivity index (χ2n) is 6.37. The van der Waals surface area contributed by atoms with Crippen LogP contribution in [0.1, 0.15) is 10.4 Å². The maximum atomic E-state index is 13.9. The number of hydrogen-bond acceptors (Lipinski definition) is 5. The predicted molar refractivity (Wildman–Crippen MR) is 108 cm³/mol. The third kappa shape index (κ3) is 3.30. The van der Waals surface area contributed by atoms with Crippen LogP contribution in [0.2, 0.25) is 0 Å². The Balaban J connectivity index is 1.92. The molecule has 1 aliphatic rings. The van der Waals surface area contributed by atoms with E-state index < -0.39 is 21.4 Å². The maximum Gasteiger partial charge on any atom is 0.214 e. The molecule has 0 radical (unpaired) electrons. The molecule has 3 aromatic rings. The van der Waals surface area contributed by atoms with Crippen LogP contribution in [0.3, 0.4) is 0 Å². The van der Waals surface area contributed by atoms with E-state index in [1.54, 1.807) is 54.6 Å². The fourth-order valence-corrected chi connectivity index (χ4v) is 4.67. The number of hydrogen-bond donors (Lipinski definition) is 0. The van der Waals surface area contributed by atoms with Crippen molar-refractivity contribution in [3.63, 3.8) is 0 Å². The number of nitrogens with zero attached hydrogens (tertiary/aromatic N) is 1. The van der Waals surface area contributed by atoms with Crippen molar-refractivity contribution in [2.24, 2.45) is 0 Å². The van der Waals surface area contributed by atoms with E-state index in [1.165, 1.54) is 24.3 Å². The van der Waals surface area contributed by atoms with Gasteiger partial charge in [-0.2, -0.15) is 0 Å². The van der Waals surface area contributed by atoms with Crippen LogP contribution >= 0.6 is 0 Å². The first kappa shape index (κ1) is 18.9. The molecule has 0 amide bonds. The first-order valence-electron chi connectivity index (χ1n) is 8.71. The van der Waals surface area contributed by atoms with Gasteiger partial charge in [-0.15, -0.1) is 0 Å². The SMILES string of the molecule is COc1ccc(N2C=C(C(=O)c3ccccc3)S(=O)(=O)c3ccc(F)cc32)cc1. The number of benzene rings is 3. The number of sulfone groups is 1.